The molecule has 0 unspecified atom stereocenters. The maximum atomic E-state index is 11.8. The third-order valence-electron chi connectivity index (χ3n) is 2.78. The number of carboxylic acid groups (broad SMARTS) is 1. The van der Waals surface area contributed by atoms with Gasteiger partial charge in [-0.2, -0.15) is 0 Å². The first-order chi connectivity index (χ1) is 8.06. The molecule has 1 aromatic heterocycles. The number of thiophene rings is 1. The molecule has 17 heavy (non-hydrogen) atoms. The summed E-state index contributed by atoms with van der Waals surface area (Å²) in [5.41, 5.74) is 1.37. The van der Waals surface area contributed by atoms with Crippen molar-refractivity contribution in [1.29, 1.82) is 0 Å². The summed E-state index contributed by atoms with van der Waals surface area (Å²) in [6, 6.07) is 5.42. The van der Waals surface area contributed by atoms with Crippen molar-refractivity contribution in [3.63, 3.8) is 0 Å². The smallest absolute Gasteiger partial charge is 0.346 e. The number of carbonyl (C=O) groups excluding carboxylic acids is 1. The maximum Gasteiger partial charge on any atom is 0.346 e. The van der Waals surface area contributed by atoms with E-state index in [-0.39, 0.29) is 5.78 Å². The summed E-state index contributed by atoms with van der Waals surface area (Å²) in [5.74, 6) is -0.882. The van der Waals surface area contributed by atoms with E-state index in [4.69, 9.17) is 5.11 Å². The molecule has 2 rings (SSSR count). The molecule has 0 aliphatic carbocycles. The lowest BCUT2D eigenvalue weighted by molar-refractivity contribution is 0.0701. The first kappa shape index (κ1) is 11.8. The van der Waals surface area contributed by atoms with Crippen LogP contribution in [0.15, 0.2) is 18.2 Å². The van der Waals surface area contributed by atoms with Crippen molar-refractivity contribution in [1.82, 2.24) is 0 Å². The Bertz CT molecular complexity index is 610. The second-order valence-corrected chi connectivity index (χ2v) is 4.84. The Labute approximate surface area is 103 Å². The summed E-state index contributed by atoms with van der Waals surface area (Å²) in [6.07, 6.45) is 0.429. The van der Waals surface area contributed by atoms with E-state index in [9.17, 15) is 9.59 Å². The minimum atomic E-state index is -0.932. The quantitative estimate of drug-likeness (QED) is 0.846. The second-order valence-electron chi connectivity index (χ2n) is 3.82. The number of ketones is 1. The van der Waals surface area contributed by atoms with Gasteiger partial charge in [-0.05, 0) is 23.9 Å². The molecule has 0 radical (unpaired) electrons. The minimum Gasteiger partial charge on any atom is -0.477 e. The van der Waals surface area contributed by atoms with Gasteiger partial charge in [-0.25, -0.2) is 4.79 Å². The van der Waals surface area contributed by atoms with Crippen LogP contribution in [0.25, 0.3) is 10.1 Å². The molecule has 2 aromatic rings. The summed E-state index contributed by atoms with van der Waals surface area (Å²) in [6.45, 7) is 3.59. The van der Waals surface area contributed by atoms with Gasteiger partial charge >= 0.3 is 5.97 Å². The minimum absolute atomic E-state index is 0.0498. The van der Waals surface area contributed by atoms with E-state index in [0.29, 0.717) is 16.9 Å². The fourth-order valence-electron chi connectivity index (χ4n) is 1.86. The summed E-state index contributed by atoms with van der Waals surface area (Å²) in [5, 5.41) is 9.95. The van der Waals surface area contributed by atoms with E-state index >= 15 is 0 Å². The Morgan fingerprint density at radius 2 is 2.06 bits per heavy atom. The first-order valence-electron chi connectivity index (χ1n) is 5.34. The molecule has 0 amide bonds. The van der Waals surface area contributed by atoms with Crippen LogP contribution in [-0.2, 0) is 0 Å². The topological polar surface area (TPSA) is 54.4 Å². The lowest BCUT2D eigenvalue weighted by atomic mass is 10.0. The molecule has 0 fully saturated rings. The molecule has 0 atom stereocenters. The predicted octanol–water partition coefficient (Wildman–Crippen LogP) is 3.50. The van der Waals surface area contributed by atoms with E-state index < -0.39 is 5.97 Å². The van der Waals surface area contributed by atoms with Crippen LogP contribution >= 0.6 is 11.3 Å². The zero-order valence-electron chi connectivity index (χ0n) is 9.61. The summed E-state index contributed by atoms with van der Waals surface area (Å²) >= 11 is 1.18. The Hall–Kier alpha value is -1.68. The number of benzene rings is 1. The van der Waals surface area contributed by atoms with Gasteiger partial charge < -0.3 is 5.11 Å². The van der Waals surface area contributed by atoms with Crippen LogP contribution in [-0.4, -0.2) is 16.9 Å². The van der Waals surface area contributed by atoms with Crippen LogP contribution < -0.4 is 0 Å². The summed E-state index contributed by atoms with van der Waals surface area (Å²) in [7, 11) is 0. The van der Waals surface area contributed by atoms with Crippen molar-refractivity contribution < 1.29 is 14.7 Å². The molecule has 1 N–H and O–H groups in total. The number of hydrogen-bond acceptors (Lipinski definition) is 3. The van der Waals surface area contributed by atoms with Crippen LogP contribution in [0.3, 0.4) is 0 Å². The highest BCUT2D eigenvalue weighted by Crippen LogP contribution is 2.33. The zero-order chi connectivity index (χ0) is 12.6. The van der Waals surface area contributed by atoms with Gasteiger partial charge in [0.2, 0.25) is 0 Å². The van der Waals surface area contributed by atoms with Crippen molar-refractivity contribution in [2.24, 2.45) is 0 Å². The molecule has 0 aliphatic heterocycles. The number of Topliss-reactive ketones (excluding diaryl/α,β-unsaturated/α-hetero) is 1. The number of aromatic carboxylic acids is 1. The fraction of sp³-hybridized carbons (Fsp3) is 0.231. The molecule has 4 heteroatoms. The summed E-state index contributed by atoms with van der Waals surface area (Å²) in [4.78, 5) is 23.2. The zero-order valence-corrected chi connectivity index (χ0v) is 10.4. The van der Waals surface area contributed by atoms with Crippen molar-refractivity contribution >= 4 is 33.2 Å². The average Bonchev–Trinajstić information content (AvgIpc) is 2.66. The SMILES string of the molecule is CCC(=O)c1cccc2c(C)c(C(=O)O)sc12. The molecule has 88 valence electrons. The number of fused-ring (bicyclic) bond motifs is 1. The molecule has 0 bridgehead atoms. The largest absolute Gasteiger partial charge is 0.477 e. The third kappa shape index (κ3) is 1.85. The van der Waals surface area contributed by atoms with Crippen LogP contribution in [0.5, 0.6) is 0 Å². The standard InChI is InChI=1S/C13H12O3S/c1-3-10(14)9-6-4-5-8-7(2)11(13(15)16)17-12(8)9/h4-6H,3H2,1-2H3,(H,15,16). The lowest BCUT2D eigenvalue weighted by Gasteiger charge is -1.99. The molecule has 1 aromatic carbocycles. The summed E-state index contributed by atoms with van der Waals surface area (Å²) < 4.78 is 0.786. The van der Waals surface area contributed by atoms with Crippen molar-refractivity contribution in [2.75, 3.05) is 0 Å². The van der Waals surface area contributed by atoms with E-state index in [1.54, 1.807) is 26.0 Å². The van der Waals surface area contributed by atoms with Crippen molar-refractivity contribution in [2.45, 2.75) is 20.3 Å². The number of aryl methyl sites for hydroxylation is 1. The van der Waals surface area contributed by atoms with Gasteiger partial charge in [-0.1, -0.05) is 19.1 Å². The molecule has 0 saturated heterocycles. The van der Waals surface area contributed by atoms with Gasteiger partial charge in [0.1, 0.15) is 4.88 Å². The van der Waals surface area contributed by atoms with Crippen molar-refractivity contribution in [3.05, 3.63) is 34.2 Å². The number of rotatable bonds is 3. The normalized spacial score (nSPS) is 10.7. The number of carbonyl (C=O) groups is 2. The molecule has 0 saturated carbocycles. The van der Waals surface area contributed by atoms with Crippen LogP contribution in [0.1, 0.15) is 38.9 Å². The Morgan fingerprint density at radius 3 is 2.65 bits per heavy atom. The second kappa shape index (κ2) is 4.30. The van der Waals surface area contributed by atoms with Crippen LogP contribution in [0.2, 0.25) is 0 Å². The molecule has 0 aliphatic rings. The van der Waals surface area contributed by atoms with Crippen LogP contribution in [0, 0.1) is 6.92 Å². The third-order valence-corrected chi connectivity index (χ3v) is 4.11. The van der Waals surface area contributed by atoms with Gasteiger partial charge in [0.15, 0.2) is 5.78 Å². The lowest BCUT2D eigenvalue weighted by Crippen LogP contribution is -1.95. The van der Waals surface area contributed by atoms with Gasteiger partial charge in [-0.15, -0.1) is 11.3 Å². The van der Waals surface area contributed by atoms with Gasteiger partial charge in [-0.3, -0.25) is 4.79 Å². The van der Waals surface area contributed by atoms with E-state index in [1.165, 1.54) is 11.3 Å². The van der Waals surface area contributed by atoms with Gasteiger partial charge in [0.05, 0.1) is 0 Å². The monoisotopic (exact) mass is 248 g/mol. The van der Waals surface area contributed by atoms with E-state index in [0.717, 1.165) is 15.6 Å². The maximum absolute atomic E-state index is 11.8. The number of carboxylic acids is 1. The van der Waals surface area contributed by atoms with Gasteiger partial charge in [0, 0.05) is 16.7 Å². The highest BCUT2D eigenvalue weighted by Gasteiger charge is 2.18. The average molecular weight is 248 g/mol. The molecule has 0 spiro atoms. The Balaban J connectivity index is 2.77. The number of hydrogen-bond donors (Lipinski definition) is 1. The van der Waals surface area contributed by atoms with E-state index in [2.05, 4.69) is 0 Å². The molecule has 3 nitrogen and oxygen atoms in total. The highest BCUT2D eigenvalue weighted by atomic mass is 32.1. The van der Waals surface area contributed by atoms with Gasteiger partial charge in [0.25, 0.3) is 0 Å². The molecular weight excluding hydrogens is 236 g/mol. The van der Waals surface area contributed by atoms with E-state index in [1.807, 2.05) is 6.07 Å². The predicted molar refractivity (Wildman–Crippen MR) is 68.1 cm³/mol. The first-order valence-corrected chi connectivity index (χ1v) is 6.16. The highest BCUT2D eigenvalue weighted by molar-refractivity contribution is 7.21. The molecule has 1 heterocycles. The van der Waals surface area contributed by atoms with Crippen LogP contribution in [0.4, 0.5) is 0 Å². The Kier molecular flexibility index (Phi) is 2.98. The Morgan fingerprint density at radius 1 is 1.35 bits per heavy atom. The fourth-order valence-corrected chi connectivity index (χ4v) is 3.03. The van der Waals surface area contributed by atoms with Crippen molar-refractivity contribution in [3.8, 4) is 0 Å². The molecular formula is C13H12O3S.